The monoisotopic (exact) mass is 287 g/mol. The maximum atomic E-state index is 12.7. The Kier molecular flexibility index (Phi) is 4.24. The SMILES string of the molecule is CC1(C)C(=O)NCCN1C(=O)c1ncccc1C#CCO. The molecule has 1 saturated heterocycles. The van der Waals surface area contributed by atoms with Gasteiger partial charge in [-0.3, -0.25) is 9.59 Å². The summed E-state index contributed by atoms with van der Waals surface area (Å²) in [5.41, 5.74) is -0.298. The predicted octanol–water partition coefficient (Wildman–Crippen LogP) is -0.224. The first-order valence-electron chi connectivity index (χ1n) is 6.63. The number of aliphatic hydroxyl groups excluding tert-OH is 1. The third-order valence-electron chi connectivity index (χ3n) is 3.41. The molecule has 0 saturated carbocycles. The van der Waals surface area contributed by atoms with E-state index in [1.165, 1.54) is 11.1 Å². The van der Waals surface area contributed by atoms with Gasteiger partial charge in [0, 0.05) is 19.3 Å². The molecular weight excluding hydrogens is 270 g/mol. The van der Waals surface area contributed by atoms with E-state index in [2.05, 4.69) is 22.1 Å². The Bertz CT molecular complexity index is 629. The lowest BCUT2D eigenvalue weighted by Crippen LogP contribution is -2.63. The Hall–Kier alpha value is -2.39. The van der Waals surface area contributed by atoms with Gasteiger partial charge in [0.25, 0.3) is 5.91 Å². The summed E-state index contributed by atoms with van der Waals surface area (Å²) in [7, 11) is 0. The van der Waals surface area contributed by atoms with E-state index in [1.54, 1.807) is 26.0 Å². The van der Waals surface area contributed by atoms with E-state index in [4.69, 9.17) is 5.11 Å². The van der Waals surface area contributed by atoms with E-state index in [-0.39, 0.29) is 24.1 Å². The van der Waals surface area contributed by atoms with Gasteiger partial charge in [-0.25, -0.2) is 4.98 Å². The number of nitrogens with zero attached hydrogens (tertiary/aromatic N) is 2. The molecule has 0 aromatic carbocycles. The lowest BCUT2D eigenvalue weighted by molar-refractivity contribution is -0.133. The molecule has 0 aliphatic carbocycles. The molecule has 0 radical (unpaired) electrons. The summed E-state index contributed by atoms with van der Waals surface area (Å²) in [6.45, 7) is 3.93. The lowest BCUT2D eigenvalue weighted by Gasteiger charge is -2.41. The molecule has 1 aliphatic rings. The largest absolute Gasteiger partial charge is 0.384 e. The van der Waals surface area contributed by atoms with Crippen LogP contribution in [0.15, 0.2) is 18.3 Å². The molecule has 1 aromatic heterocycles. The maximum Gasteiger partial charge on any atom is 0.274 e. The van der Waals surface area contributed by atoms with Crippen LogP contribution in [0.5, 0.6) is 0 Å². The minimum Gasteiger partial charge on any atom is -0.384 e. The van der Waals surface area contributed by atoms with Crippen LogP contribution in [0, 0.1) is 11.8 Å². The van der Waals surface area contributed by atoms with Crippen LogP contribution in [-0.4, -0.2) is 52.0 Å². The van der Waals surface area contributed by atoms with Gasteiger partial charge in [-0.15, -0.1) is 0 Å². The van der Waals surface area contributed by atoms with Crippen molar-refractivity contribution in [3.63, 3.8) is 0 Å². The van der Waals surface area contributed by atoms with E-state index in [9.17, 15) is 9.59 Å². The molecule has 0 unspecified atom stereocenters. The van der Waals surface area contributed by atoms with Gasteiger partial charge in [0.2, 0.25) is 5.91 Å². The van der Waals surface area contributed by atoms with E-state index in [0.29, 0.717) is 18.7 Å². The lowest BCUT2D eigenvalue weighted by atomic mass is 9.98. The summed E-state index contributed by atoms with van der Waals surface area (Å²) in [6.07, 6.45) is 1.51. The number of pyridine rings is 1. The zero-order valence-corrected chi connectivity index (χ0v) is 12.0. The first-order chi connectivity index (χ1) is 9.98. The van der Waals surface area contributed by atoms with Crippen LogP contribution in [0.25, 0.3) is 0 Å². The second-order valence-corrected chi connectivity index (χ2v) is 5.13. The molecule has 110 valence electrons. The first-order valence-corrected chi connectivity index (χ1v) is 6.63. The van der Waals surface area contributed by atoms with Crippen LogP contribution >= 0.6 is 0 Å². The van der Waals surface area contributed by atoms with E-state index < -0.39 is 5.54 Å². The molecule has 6 heteroatoms. The van der Waals surface area contributed by atoms with Crippen LogP contribution in [0.4, 0.5) is 0 Å². The summed E-state index contributed by atoms with van der Waals surface area (Å²) in [6, 6.07) is 3.34. The quantitative estimate of drug-likeness (QED) is 0.699. The summed E-state index contributed by atoms with van der Waals surface area (Å²) in [5.74, 6) is 4.69. The number of carbonyl (C=O) groups excluding carboxylic acids is 2. The molecule has 2 rings (SSSR count). The van der Waals surface area contributed by atoms with Crippen molar-refractivity contribution in [1.82, 2.24) is 15.2 Å². The minimum absolute atomic E-state index is 0.193. The second kappa shape index (κ2) is 5.94. The number of aliphatic hydroxyl groups is 1. The molecule has 1 aromatic rings. The summed E-state index contributed by atoms with van der Waals surface area (Å²) < 4.78 is 0. The Labute approximate surface area is 123 Å². The Balaban J connectivity index is 2.38. The summed E-state index contributed by atoms with van der Waals surface area (Å²) in [4.78, 5) is 30.2. The van der Waals surface area contributed by atoms with Crippen molar-refractivity contribution in [3.05, 3.63) is 29.6 Å². The van der Waals surface area contributed by atoms with E-state index in [1.807, 2.05) is 0 Å². The standard InChI is InChI=1S/C15H17N3O3/c1-15(2)14(21)17-8-9-18(15)13(20)12-11(6-4-10-19)5-3-7-16-12/h3,5,7,19H,8-10H2,1-2H3,(H,17,21). The van der Waals surface area contributed by atoms with Crippen molar-refractivity contribution in [1.29, 1.82) is 0 Å². The predicted molar refractivity (Wildman–Crippen MR) is 76.3 cm³/mol. The Morgan fingerprint density at radius 1 is 1.57 bits per heavy atom. The highest BCUT2D eigenvalue weighted by Gasteiger charge is 2.41. The Morgan fingerprint density at radius 2 is 2.33 bits per heavy atom. The van der Waals surface area contributed by atoms with Gasteiger partial charge in [0.05, 0.1) is 5.56 Å². The van der Waals surface area contributed by atoms with Crippen molar-refractivity contribution < 1.29 is 14.7 Å². The van der Waals surface area contributed by atoms with Crippen LogP contribution in [-0.2, 0) is 4.79 Å². The van der Waals surface area contributed by atoms with Gasteiger partial charge in [-0.05, 0) is 26.0 Å². The number of amides is 2. The van der Waals surface area contributed by atoms with E-state index >= 15 is 0 Å². The van der Waals surface area contributed by atoms with Crippen LogP contribution in [0.2, 0.25) is 0 Å². The van der Waals surface area contributed by atoms with Crippen molar-refractivity contribution in [3.8, 4) is 11.8 Å². The van der Waals surface area contributed by atoms with Crippen molar-refractivity contribution >= 4 is 11.8 Å². The summed E-state index contributed by atoms with van der Waals surface area (Å²) in [5, 5.41) is 11.5. The van der Waals surface area contributed by atoms with Crippen LogP contribution in [0.3, 0.4) is 0 Å². The van der Waals surface area contributed by atoms with Gasteiger partial charge >= 0.3 is 0 Å². The zero-order chi connectivity index (χ0) is 15.5. The van der Waals surface area contributed by atoms with Crippen LogP contribution < -0.4 is 5.32 Å². The highest BCUT2D eigenvalue weighted by atomic mass is 16.2. The van der Waals surface area contributed by atoms with Gasteiger partial charge in [-0.1, -0.05) is 11.8 Å². The number of aromatic nitrogens is 1. The number of hydrogen-bond donors (Lipinski definition) is 2. The van der Waals surface area contributed by atoms with Gasteiger partial charge < -0.3 is 15.3 Å². The number of hydrogen-bond acceptors (Lipinski definition) is 4. The number of carbonyl (C=O) groups is 2. The molecule has 0 atom stereocenters. The molecule has 2 amide bonds. The second-order valence-electron chi connectivity index (χ2n) is 5.13. The molecule has 2 heterocycles. The highest BCUT2D eigenvalue weighted by Crippen LogP contribution is 2.21. The third kappa shape index (κ3) is 2.88. The van der Waals surface area contributed by atoms with Gasteiger partial charge in [-0.2, -0.15) is 0 Å². The molecule has 0 spiro atoms. The number of rotatable bonds is 1. The fraction of sp³-hybridized carbons (Fsp3) is 0.400. The molecule has 1 fully saturated rings. The average molecular weight is 287 g/mol. The topological polar surface area (TPSA) is 82.5 Å². The number of piperazine rings is 1. The van der Waals surface area contributed by atoms with E-state index in [0.717, 1.165) is 0 Å². The molecule has 2 N–H and O–H groups in total. The van der Waals surface area contributed by atoms with Gasteiger partial charge in [0.1, 0.15) is 17.8 Å². The van der Waals surface area contributed by atoms with Crippen molar-refractivity contribution in [2.45, 2.75) is 19.4 Å². The molecule has 6 nitrogen and oxygen atoms in total. The fourth-order valence-electron chi connectivity index (χ4n) is 2.19. The molecule has 1 aliphatic heterocycles. The normalized spacial score (nSPS) is 16.7. The van der Waals surface area contributed by atoms with Crippen molar-refractivity contribution in [2.75, 3.05) is 19.7 Å². The zero-order valence-electron chi connectivity index (χ0n) is 12.0. The average Bonchev–Trinajstić information content (AvgIpc) is 2.47. The van der Waals surface area contributed by atoms with Crippen molar-refractivity contribution in [2.24, 2.45) is 0 Å². The minimum atomic E-state index is -0.936. The smallest absolute Gasteiger partial charge is 0.274 e. The molecule has 0 bridgehead atoms. The summed E-state index contributed by atoms with van der Waals surface area (Å²) >= 11 is 0. The fourth-order valence-corrected chi connectivity index (χ4v) is 2.19. The maximum absolute atomic E-state index is 12.7. The van der Waals surface area contributed by atoms with Crippen LogP contribution in [0.1, 0.15) is 29.9 Å². The molecular formula is C15H17N3O3. The third-order valence-corrected chi connectivity index (χ3v) is 3.41. The first kappa shape index (κ1) is 15.0. The molecule has 21 heavy (non-hydrogen) atoms. The Morgan fingerprint density at radius 3 is 3.05 bits per heavy atom. The highest BCUT2D eigenvalue weighted by molar-refractivity contribution is 6.00. The van der Waals surface area contributed by atoms with Gasteiger partial charge in [0.15, 0.2) is 0 Å². The number of nitrogens with one attached hydrogen (secondary N) is 1.